The molecule has 0 bridgehead atoms. The number of aromatic nitrogens is 3. The first-order chi connectivity index (χ1) is 8.86. The third kappa shape index (κ3) is 2.72. The summed E-state index contributed by atoms with van der Waals surface area (Å²) >= 11 is 0. The fourth-order valence-corrected chi connectivity index (χ4v) is 2.73. The van der Waals surface area contributed by atoms with Gasteiger partial charge in [-0.25, -0.2) is 0 Å². The van der Waals surface area contributed by atoms with Crippen LogP contribution in [0.3, 0.4) is 0 Å². The molecular weight excluding hydrogens is 226 g/mol. The van der Waals surface area contributed by atoms with Gasteiger partial charge in [-0.3, -0.25) is 4.90 Å². The lowest BCUT2D eigenvalue weighted by atomic mass is 10.1. The van der Waals surface area contributed by atoms with Gasteiger partial charge in [0.05, 0.1) is 6.54 Å². The van der Waals surface area contributed by atoms with Crippen LogP contribution in [0, 0.1) is 0 Å². The van der Waals surface area contributed by atoms with E-state index in [0.717, 1.165) is 38.0 Å². The summed E-state index contributed by atoms with van der Waals surface area (Å²) in [6, 6.07) is 1.46. The van der Waals surface area contributed by atoms with Crippen LogP contribution in [0.25, 0.3) is 0 Å². The monoisotopic (exact) mass is 249 g/mol. The Labute approximate surface area is 109 Å². The van der Waals surface area contributed by atoms with Gasteiger partial charge in [-0.2, -0.15) is 0 Å². The predicted molar refractivity (Wildman–Crippen MR) is 70.2 cm³/mol. The number of nitrogens with one attached hydrogen (secondary N) is 1. The van der Waals surface area contributed by atoms with E-state index in [1.54, 1.807) is 0 Å². The second-order valence-electron chi connectivity index (χ2n) is 5.54. The average Bonchev–Trinajstić information content (AvgIpc) is 3.10. The molecule has 3 rings (SSSR count). The summed E-state index contributed by atoms with van der Waals surface area (Å²) in [5, 5.41) is 11.9. The van der Waals surface area contributed by atoms with Crippen molar-refractivity contribution in [3.05, 3.63) is 12.2 Å². The number of fused-ring (bicyclic) bond motifs is 1. The van der Waals surface area contributed by atoms with Crippen molar-refractivity contribution >= 4 is 0 Å². The van der Waals surface area contributed by atoms with E-state index in [0.29, 0.717) is 6.04 Å². The largest absolute Gasteiger partial charge is 0.315 e. The summed E-state index contributed by atoms with van der Waals surface area (Å²) in [4.78, 5) is 2.57. The fraction of sp³-hybridized carbons (Fsp3) is 0.846. The third-order valence-corrected chi connectivity index (χ3v) is 4.03. The predicted octanol–water partition coefficient (Wildman–Crippen LogP) is 1.01. The van der Waals surface area contributed by atoms with Crippen molar-refractivity contribution in [1.82, 2.24) is 25.0 Å². The minimum atomic E-state index is 0.654. The lowest BCUT2D eigenvalue weighted by Gasteiger charge is -2.34. The lowest BCUT2D eigenvalue weighted by molar-refractivity contribution is 0.141. The minimum Gasteiger partial charge on any atom is -0.315 e. The number of hydrogen-bond donors (Lipinski definition) is 1. The molecule has 0 saturated heterocycles. The zero-order chi connectivity index (χ0) is 12.4. The van der Waals surface area contributed by atoms with Gasteiger partial charge in [0, 0.05) is 31.7 Å². The van der Waals surface area contributed by atoms with Crippen LogP contribution < -0.4 is 5.32 Å². The second-order valence-corrected chi connectivity index (χ2v) is 5.54. The Kier molecular flexibility index (Phi) is 3.61. The highest BCUT2D eigenvalue weighted by atomic mass is 15.3. The van der Waals surface area contributed by atoms with Gasteiger partial charge >= 0.3 is 0 Å². The standard InChI is InChI=1S/C13H23N5/c1-2-3-12(8-14-11-4-5-11)17-6-7-18-10-15-16-13(18)9-17/h10-12,14H,2-9H2,1H3. The van der Waals surface area contributed by atoms with Gasteiger partial charge in [0.2, 0.25) is 0 Å². The molecule has 1 aromatic rings. The van der Waals surface area contributed by atoms with E-state index in [1.807, 2.05) is 6.33 Å². The Morgan fingerprint density at radius 1 is 1.44 bits per heavy atom. The van der Waals surface area contributed by atoms with Crippen LogP contribution in [0.2, 0.25) is 0 Å². The molecule has 0 spiro atoms. The lowest BCUT2D eigenvalue weighted by Crippen LogP contribution is -2.46. The third-order valence-electron chi connectivity index (χ3n) is 4.03. The van der Waals surface area contributed by atoms with Gasteiger partial charge in [-0.1, -0.05) is 13.3 Å². The second kappa shape index (κ2) is 5.36. The molecule has 1 atom stereocenters. The van der Waals surface area contributed by atoms with Gasteiger partial charge in [-0.05, 0) is 19.3 Å². The number of nitrogens with zero attached hydrogens (tertiary/aromatic N) is 4. The molecule has 2 aliphatic rings. The molecule has 18 heavy (non-hydrogen) atoms. The topological polar surface area (TPSA) is 46.0 Å². The first kappa shape index (κ1) is 12.1. The van der Waals surface area contributed by atoms with Crippen LogP contribution in [-0.4, -0.2) is 44.8 Å². The number of rotatable bonds is 6. The van der Waals surface area contributed by atoms with Crippen molar-refractivity contribution in [2.24, 2.45) is 0 Å². The van der Waals surface area contributed by atoms with Gasteiger partial charge in [0.25, 0.3) is 0 Å². The zero-order valence-corrected chi connectivity index (χ0v) is 11.2. The van der Waals surface area contributed by atoms with E-state index in [2.05, 4.69) is 31.9 Å². The maximum Gasteiger partial charge on any atom is 0.147 e. The molecule has 1 aliphatic carbocycles. The maximum absolute atomic E-state index is 4.21. The molecule has 0 aromatic carbocycles. The molecule has 100 valence electrons. The van der Waals surface area contributed by atoms with E-state index in [9.17, 15) is 0 Å². The Bertz CT molecular complexity index is 384. The van der Waals surface area contributed by atoms with E-state index in [4.69, 9.17) is 0 Å². The van der Waals surface area contributed by atoms with Crippen LogP contribution >= 0.6 is 0 Å². The Balaban J connectivity index is 1.59. The highest BCUT2D eigenvalue weighted by Gasteiger charge is 2.26. The van der Waals surface area contributed by atoms with Gasteiger partial charge in [-0.15, -0.1) is 10.2 Å². The van der Waals surface area contributed by atoms with Crippen molar-refractivity contribution in [2.45, 2.75) is 57.8 Å². The van der Waals surface area contributed by atoms with E-state index in [-0.39, 0.29) is 0 Å². The molecule has 5 heteroatoms. The van der Waals surface area contributed by atoms with Crippen molar-refractivity contribution in [1.29, 1.82) is 0 Å². The molecule has 1 N–H and O–H groups in total. The number of hydrogen-bond acceptors (Lipinski definition) is 4. The molecular formula is C13H23N5. The Morgan fingerprint density at radius 2 is 2.33 bits per heavy atom. The minimum absolute atomic E-state index is 0.654. The summed E-state index contributed by atoms with van der Waals surface area (Å²) in [5.74, 6) is 1.12. The van der Waals surface area contributed by atoms with Crippen LogP contribution in [-0.2, 0) is 13.1 Å². The first-order valence-corrected chi connectivity index (χ1v) is 7.21. The van der Waals surface area contributed by atoms with Crippen LogP contribution in [0.15, 0.2) is 6.33 Å². The van der Waals surface area contributed by atoms with Crippen LogP contribution in [0.1, 0.15) is 38.4 Å². The molecule has 1 aliphatic heterocycles. The molecule has 1 aromatic heterocycles. The van der Waals surface area contributed by atoms with Crippen LogP contribution in [0.4, 0.5) is 0 Å². The molecule has 1 saturated carbocycles. The fourth-order valence-electron chi connectivity index (χ4n) is 2.73. The van der Waals surface area contributed by atoms with E-state index in [1.165, 1.54) is 25.7 Å². The quantitative estimate of drug-likeness (QED) is 0.817. The normalized spacial score (nSPS) is 21.8. The smallest absolute Gasteiger partial charge is 0.147 e. The highest BCUT2D eigenvalue weighted by molar-refractivity contribution is 4.93. The molecule has 1 unspecified atom stereocenters. The summed E-state index contributed by atoms with van der Waals surface area (Å²) < 4.78 is 2.17. The Morgan fingerprint density at radius 3 is 3.11 bits per heavy atom. The summed E-state index contributed by atoms with van der Waals surface area (Å²) in [5.41, 5.74) is 0. The molecule has 2 heterocycles. The van der Waals surface area contributed by atoms with Crippen molar-refractivity contribution in [2.75, 3.05) is 13.1 Å². The maximum atomic E-state index is 4.21. The summed E-state index contributed by atoms with van der Waals surface area (Å²) in [6.07, 6.45) is 7.11. The molecule has 0 amide bonds. The van der Waals surface area contributed by atoms with E-state index < -0.39 is 0 Å². The van der Waals surface area contributed by atoms with E-state index >= 15 is 0 Å². The first-order valence-electron chi connectivity index (χ1n) is 7.21. The summed E-state index contributed by atoms with van der Waals surface area (Å²) in [7, 11) is 0. The van der Waals surface area contributed by atoms with Gasteiger partial charge in [0.1, 0.15) is 12.2 Å². The van der Waals surface area contributed by atoms with Crippen molar-refractivity contribution in [3.8, 4) is 0 Å². The van der Waals surface area contributed by atoms with Gasteiger partial charge < -0.3 is 9.88 Å². The molecule has 5 nitrogen and oxygen atoms in total. The average molecular weight is 249 g/mol. The van der Waals surface area contributed by atoms with Gasteiger partial charge in [0.15, 0.2) is 0 Å². The zero-order valence-electron chi connectivity index (χ0n) is 11.2. The highest BCUT2D eigenvalue weighted by Crippen LogP contribution is 2.20. The SMILES string of the molecule is CCCC(CNC1CC1)N1CCn2cnnc2C1. The summed E-state index contributed by atoms with van der Waals surface area (Å²) in [6.45, 7) is 6.52. The van der Waals surface area contributed by atoms with Crippen molar-refractivity contribution < 1.29 is 0 Å². The Hall–Kier alpha value is -0.940. The van der Waals surface area contributed by atoms with Crippen LogP contribution in [0.5, 0.6) is 0 Å². The van der Waals surface area contributed by atoms with Crippen molar-refractivity contribution in [3.63, 3.8) is 0 Å². The molecule has 1 fully saturated rings. The molecule has 0 radical (unpaired) electrons.